The SMILES string of the molecule is COc1cc(C(O)C(=O)N2CCN(c3ccc(Cl)cc3Cl)C(c3ccc(Cl)cc3)C2)ccc1O. The number of carbonyl (C=O) groups is 1. The molecule has 0 spiro atoms. The molecule has 9 heteroatoms. The summed E-state index contributed by atoms with van der Waals surface area (Å²) < 4.78 is 5.10. The first-order chi connectivity index (χ1) is 16.3. The zero-order chi connectivity index (χ0) is 24.4. The zero-order valence-electron chi connectivity index (χ0n) is 18.3. The van der Waals surface area contributed by atoms with Crippen LogP contribution in [0.25, 0.3) is 0 Å². The average molecular weight is 522 g/mol. The number of halogens is 3. The first-order valence-electron chi connectivity index (χ1n) is 10.6. The third-order valence-electron chi connectivity index (χ3n) is 5.92. The summed E-state index contributed by atoms with van der Waals surface area (Å²) in [6, 6.07) is 16.9. The second kappa shape index (κ2) is 10.3. The molecule has 0 aromatic heterocycles. The van der Waals surface area contributed by atoms with Gasteiger partial charge in [-0.25, -0.2) is 0 Å². The molecule has 3 aromatic rings. The van der Waals surface area contributed by atoms with Crippen LogP contribution in [0, 0.1) is 0 Å². The van der Waals surface area contributed by atoms with Crippen molar-refractivity contribution in [1.82, 2.24) is 4.90 Å². The molecule has 1 fully saturated rings. The van der Waals surface area contributed by atoms with Crippen molar-refractivity contribution >= 4 is 46.4 Å². The summed E-state index contributed by atoms with van der Waals surface area (Å²) in [6.45, 7) is 1.20. The number of phenolic OH excluding ortho intramolecular Hbond substituents is 1. The number of phenols is 1. The molecule has 0 aliphatic carbocycles. The topological polar surface area (TPSA) is 73.2 Å². The molecule has 1 amide bonds. The van der Waals surface area contributed by atoms with Crippen LogP contribution in [0.2, 0.25) is 15.1 Å². The van der Waals surface area contributed by atoms with Crippen molar-refractivity contribution in [2.24, 2.45) is 0 Å². The van der Waals surface area contributed by atoms with Crippen molar-refractivity contribution in [2.75, 3.05) is 31.6 Å². The minimum atomic E-state index is -1.40. The number of methoxy groups -OCH3 is 1. The Morgan fingerprint density at radius 2 is 1.71 bits per heavy atom. The van der Waals surface area contributed by atoms with Gasteiger partial charge in [0.2, 0.25) is 0 Å². The summed E-state index contributed by atoms with van der Waals surface area (Å²) in [6.07, 6.45) is -1.40. The summed E-state index contributed by atoms with van der Waals surface area (Å²) in [7, 11) is 1.41. The number of aliphatic hydroxyl groups is 1. The van der Waals surface area contributed by atoms with E-state index in [1.807, 2.05) is 18.2 Å². The number of amides is 1. The fraction of sp³-hybridized carbons (Fsp3) is 0.240. The third kappa shape index (κ3) is 5.05. The van der Waals surface area contributed by atoms with E-state index in [0.717, 1.165) is 11.3 Å². The Labute approximate surface area is 212 Å². The lowest BCUT2D eigenvalue weighted by Gasteiger charge is -2.44. The molecule has 0 radical (unpaired) electrons. The summed E-state index contributed by atoms with van der Waals surface area (Å²) in [5, 5.41) is 22.3. The highest BCUT2D eigenvalue weighted by Crippen LogP contribution is 2.37. The highest BCUT2D eigenvalue weighted by molar-refractivity contribution is 6.36. The van der Waals surface area contributed by atoms with E-state index in [2.05, 4.69) is 4.90 Å². The van der Waals surface area contributed by atoms with Gasteiger partial charge in [0.25, 0.3) is 5.91 Å². The van der Waals surface area contributed by atoms with Gasteiger partial charge >= 0.3 is 0 Å². The average Bonchev–Trinajstić information content (AvgIpc) is 2.84. The molecule has 6 nitrogen and oxygen atoms in total. The number of anilines is 1. The molecular formula is C25H23Cl3N2O4. The molecule has 2 atom stereocenters. The van der Waals surface area contributed by atoms with Gasteiger partial charge in [-0.3, -0.25) is 4.79 Å². The van der Waals surface area contributed by atoms with Gasteiger partial charge in [-0.15, -0.1) is 0 Å². The zero-order valence-corrected chi connectivity index (χ0v) is 20.6. The molecule has 4 rings (SSSR count). The largest absolute Gasteiger partial charge is 0.504 e. The molecule has 178 valence electrons. The molecule has 0 saturated carbocycles. The number of nitrogens with zero attached hydrogens (tertiary/aromatic N) is 2. The minimum absolute atomic E-state index is 0.0674. The Balaban J connectivity index is 1.63. The maximum atomic E-state index is 13.3. The summed E-state index contributed by atoms with van der Waals surface area (Å²) in [4.78, 5) is 17.0. The van der Waals surface area contributed by atoms with Gasteiger partial charge in [0, 0.05) is 29.7 Å². The van der Waals surface area contributed by atoms with Crippen molar-refractivity contribution < 1.29 is 19.7 Å². The predicted molar refractivity (Wildman–Crippen MR) is 134 cm³/mol. The van der Waals surface area contributed by atoms with Crippen LogP contribution in [0.15, 0.2) is 60.7 Å². The van der Waals surface area contributed by atoms with E-state index in [4.69, 9.17) is 39.5 Å². The van der Waals surface area contributed by atoms with Gasteiger partial charge in [-0.2, -0.15) is 0 Å². The molecule has 1 saturated heterocycles. The number of carbonyl (C=O) groups excluding carboxylic acids is 1. The van der Waals surface area contributed by atoms with E-state index >= 15 is 0 Å². The van der Waals surface area contributed by atoms with Gasteiger partial charge in [0.15, 0.2) is 17.6 Å². The van der Waals surface area contributed by atoms with Crippen LogP contribution in [0.5, 0.6) is 11.5 Å². The number of aromatic hydroxyl groups is 1. The van der Waals surface area contributed by atoms with E-state index in [-0.39, 0.29) is 17.5 Å². The summed E-state index contributed by atoms with van der Waals surface area (Å²) in [5.41, 5.74) is 2.10. The lowest BCUT2D eigenvalue weighted by atomic mass is 10.00. The van der Waals surface area contributed by atoms with Crippen molar-refractivity contribution in [3.8, 4) is 11.5 Å². The van der Waals surface area contributed by atoms with E-state index in [9.17, 15) is 15.0 Å². The Hall–Kier alpha value is -2.64. The lowest BCUT2D eigenvalue weighted by Crippen LogP contribution is -2.51. The van der Waals surface area contributed by atoms with Crippen molar-refractivity contribution in [1.29, 1.82) is 0 Å². The molecule has 34 heavy (non-hydrogen) atoms. The first-order valence-corrected chi connectivity index (χ1v) is 11.7. The quantitative estimate of drug-likeness (QED) is 0.465. The highest BCUT2D eigenvalue weighted by atomic mass is 35.5. The molecule has 1 aliphatic rings. The smallest absolute Gasteiger partial charge is 0.256 e. The molecule has 1 aliphatic heterocycles. The van der Waals surface area contributed by atoms with E-state index < -0.39 is 12.0 Å². The molecule has 3 aromatic carbocycles. The van der Waals surface area contributed by atoms with E-state index in [1.165, 1.54) is 25.3 Å². The number of aliphatic hydroxyl groups excluding tert-OH is 1. The second-order valence-corrected chi connectivity index (χ2v) is 9.25. The van der Waals surface area contributed by atoms with Crippen LogP contribution in [-0.2, 0) is 4.79 Å². The first kappa shape index (κ1) is 24.5. The molecule has 0 bridgehead atoms. The summed E-state index contributed by atoms with van der Waals surface area (Å²) in [5.74, 6) is -0.318. The number of hydrogen-bond acceptors (Lipinski definition) is 5. The normalized spacial score (nSPS) is 16.9. The standard InChI is InChI=1S/C25H23Cl3N2O4/c1-34-23-12-16(4-9-22(23)31)24(32)25(33)29-10-11-30(20-8-7-18(27)13-19(20)28)21(14-29)15-2-5-17(26)6-3-15/h2-9,12-13,21,24,31-32H,10-11,14H2,1H3. The number of benzene rings is 3. The van der Waals surface area contributed by atoms with E-state index in [1.54, 1.807) is 29.2 Å². The number of rotatable bonds is 5. The second-order valence-electron chi connectivity index (χ2n) is 7.97. The van der Waals surface area contributed by atoms with Gasteiger partial charge in [0.1, 0.15) is 0 Å². The number of ether oxygens (including phenoxy) is 1. The lowest BCUT2D eigenvalue weighted by molar-refractivity contribution is -0.141. The van der Waals surface area contributed by atoms with Crippen LogP contribution in [0.1, 0.15) is 23.3 Å². The monoisotopic (exact) mass is 520 g/mol. The molecular weight excluding hydrogens is 499 g/mol. The van der Waals surface area contributed by atoms with Crippen LogP contribution in [0.3, 0.4) is 0 Å². The van der Waals surface area contributed by atoms with Crippen molar-refractivity contribution in [3.05, 3.63) is 86.9 Å². The Morgan fingerprint density at radius 1 is 1.00 bits per heavy atom. The number of piperazine rings is 1. The van der Waals surface area contributed by atoms with Crippen LogP contribution < -0.4 is 9.64 Å². The molecule has 2 unspecified atom stereocenters. The molecule has 1 heterocycles. The minimum Gasteiger partial charge on any atom is -0.504 e. The maximum absolute atomic E-state index is 13.3. The Kier molecular flexibility index (Phi) is 7.43. The van der Waals surface area contributed by atoms with Gasteiger partial charge < -0.3 is 24.7 Å². The third-order valence-corrected chi connectivity index (χ3v) is 6.71. The van der Waals surface area contributed by atoms with Gasteiger partial charge in [0.05, 0.1) is 23.9 Å². The Bertz CT molecular complexity index is 1190. The van der Waals surface area contributed by atoms with Crippen molar-refractivity contribution in [2.45, 2.75) is 12.1 Å². The van der Waals surface area contributed by atoms with Crippen molar-refractivity contribution in [3.63, 3.8) is 0 Å². The fourth-order valence-electron chi connectivity index (χ4n) is 4.14. The van der Waals surface area contributed by atoms with Gasteiger partial charge in [-0.1, -0.05) is 53.0 Å². The fourth-order valence-corrected chi connectivity index (χ4v) is 4.78. The number of hydrogen-bond donors (Lipinski definition) is 2. The van der Waals surface area contributed by atoms with Crippen LogP contribution in [-0.4, -0.2) is 47.8 Å². The maximum Gasteiger partial charge on any atom is 0.256 e. The van der Waals surface area contributed by atoms with Gasteiger partial charge in [-0.05, 0) is 53.6 Å². The summed E-state index contributed by atoms with van der Waals surface area (Å²) >= 11 is 18.7. The predicted octanol–water partition coefficient (Wildman–Crippen LogP) is 5.48. The molecule has 2 N–H and O–H groups in total. The highest BCUT2D eigenvalue weighted by Gasteiger charge is 2.34. The Morgan fingerprint density at radius 3 is 2.38 bits per heavy atom. The van der Waals surface area contributed by atoms with Crippen LogP contribution >= 0.6 is 34.8 Å². The van der Waals surface area contributed by atoms with E-state index in [0.29, 0.717) is 40.3 Å². The van der Waals surface area contributed by atoms with Crippen LogP contribution in [0.4, 0.5) is 5.69 Å².